The molecule has 1 N–H and O–H groups in total. The molecule has 2 aliphatic rings. The highest BCUT2D eigenvalue weighted by Gasteiger charge is 2.46. The fourth-order valence-electron chi connectivity index (χ4n) is 3.89. The zero-order valence-electron chi connectivity index (χ0n) is 14.3. The number of piperidine rings is 2. The van der Waals surface area contributed by atoms with Gasteiger partial charge in [-0.3, -0.25) is 9.59 Å². The number of allylic oxidation sites excluding steroid dienone is 1. The maximum atomic E-state index is 12.3. The summed E-state index contributed by atoms with van der Waals surface area (Å²) < 4.78 is 0. The monoisotopic (exact) mass is 322 g/mol. The van der Waals surface area contributed by atoms with Crippen LogP contribution in [0.15, 0.2) is 12.7 Å². The lowest BCUT2D eigenvalue weighted by Gasteiger charge is -2.51. The third-order valence-electron chi connectivity index (χ3n) is 5.23. The number of nitrogens with zero attached hydrogens (tertiary/aromatic N) is 2. The smallest absolute Gasteiger partial charge is 0.222 e. The van der Waals surface area contributed by atoms with Gasteiger partial charge in [0.1, 0.15) is 0 Å². The number of carbonyl (C=O) groups is 2. The van der Waals surface area contributed by atoms with Gasteiger partial charge in [0.05, 0.1) is 6.10 Å². The summed E-state index contributed by atoms with van der Waals surface area (Å²) in [6.45, 7) is 8.21. The second-order valence-electron chi connectivity index (χ2n) is 6.98. The van der Waals surface area contributed by atoms with E-state index in [-0.39, 0.29) is 17.2 Å². The van der Waals surface area contributed by atoms with E-state index < -0.39 is 6.10 Å². The van der Waals surface area contributed by atoms with Crippen LogP contribution in [0.1, 0.15) is 51.9 Å². The molecule has 5 heteroatoms. The molecule has 0 aromatic heterocycles. The molecule has 2 aliphatic heterocycles. The molecule has 0 bridgehead atoms. The standard InChI is InChI=1S/C18H30N2O3/c1-3-5-8-17(23)19-11-6-10-18(13-19)14-20(12-9-15(18)21)16(22)7-4-2/h3,15,21H,1,4-14H2,2H3/t15?,18-/m0/s1. The van der Waals surface area contributed by atoms with Gasteiger partial charge in [0, 0.05) is 44.4 Å². The summed E-state index contributed by atoms with van der Waals surface area (Å²) in [7, 11) is 0. The Kier molecular flexibility index (Phi) is 6.22. The van der Waals surface area contributed by atoms with E-state index in [9.17, 15) is 14.7 Å². The number of amides is 2. The van der Waals surface area contributed by atoms with E-state index >= 15 is 0 Å². The maximum absolute atomic E-state index is 12.3. The van der Waals surface area contributed by atoms with Crippen LogP contribution in [0.4, 0.5) is 0 Å². The van der Waals surface area contributed by atoms with Crippen LogP contribution in [0.3, 0.4) is 0 Å². The van der Waals surface area contributed by atoms with E-state index in [1.807, 2.05) is 16.7 Å². The highest BCUT2D eigenvalue weighted by molar-refractivity contribution is 5.77. The van der Waals surface area contributed by atoms with Gasteiger partial charge >= 0.3 is 0 Å². The fourth-order valence-corrected chi connectivity index (χ4v) is 3.89. The van der Waals surface area contributed by atoms with Gasteiger partial charge in [-0.15, -0.1) is 6.58 Å². The zero-order valence-corrected chi connectivity index (χ0v) is 14.3. The van der Waals surface area contributed by atoms with E-state index in [1.165, 1.54) is 0 Å². The van der Waals surface area contributed by atoms with Crippen molar-refractivity contribution in [3.05, 3.63) is 12.7 Å². The van der Waals surface area contributed by atoms with Gasteiger partial charge in [0.25, 0.3) is 0 Å². The van der Waals surface area contributed by atoms with E-state index in [4.69, 9.17) is 0 Å². The Labute approximate surface area is 139 Å². The zero-order chi connectivity index (χ0) is 16.9. The molecule has 2 saturated heterocycles. The minimum atomic E-state index is -0.428. The van der Waals surface area contributed by atoms with Crippen molar-refractivity contribution >= 4 is 11.8 Å². The topological polar surface area (TPSA) is 60.9 Å². The number of carbonyl (C=O) groups excluding carboxylic acids is 2. The fraction of sp³-hybridized carbons (Fsp3) is 0.778. The van der Waals surface area contributed by atoms with Crippen molar-refractivity contribution in [2.45, 2.75) is 58.0 Å². The van der Waals surface area contributed by atoms with Gasteiger partial charge < -0.3 is 14.9 Å². The van der Waals surface area contributed by atoms with Crippen LogP contribution in [0.5, 0.6) is 0 Å². The van der Waals surface area contributed by atoms with E-state index in [1.54, 1.807) is 6.08 Å². The van der Waals surface area contributed by atoms with Gasteiger partial charge in [-0.2, -0.15) is 0 Å². The summed E-state index contributed by atoms with van der Waals surface area (Å²) in [5.74, 6) is 0.307. The molecule has 130 valence electrons. The molecule has 23 heavy (non-hydrogen) atoms. The van der Waals surface area contributed by atoms with Crippen LogP contribution in [0.25, 0.3) is 0 Å². The number of aliphatic hydroxyl groups is 1. The molecule has 0 radical (unpaired) electrons. The van der Waals surface area contributed by atoms with Crippen LogP contribution in [-0.2, 0) is 9.59 Å². The van der Waals surface area contributed by atoms with E-state index in [0.717, 1.165) is 25.8 Å². The quantitative estimate of drug-likeness (QED) is 0.787. The number of rotatable bonds is 5. The molecule has 0 saturated carbocycles. The Morgan fingerprint density at radius 3 is 2.52 bits per heavy atom. The molecular weight excluding hydrogens is 292 g/mol. The van der Waals surface area contributed by atoms with Crippen molar-refractivity contribution in [1.29, 1.82) is 0 Å². The van der Waals surface area contributed by atoms with Crippen LogP contribution in [-0.4, -0.2) is 59.0 Å². The lowest BCUT2D eigenvalue weighted by Crippen LogP contribution is -2.60. The van der Waals surface area contributed by atoms with Crippen molar-refractivity contribution in [1.82, 2.24) is 9.80 Å². The average molecular weight is 322 g/mol. The molecule has 2 atom stereocenters. The molecule has 1 spiro atoms. The van der Waals surface area contributed by atoms with Gasteiger partial charge in [-0.1, -0.05) is 13.0 Å². The van der Waals surface area contributed by atoms with Crippen LogP contribution >= 0.6 is 0 Å². The molecule has 2 rings (SSSR count). The summed E-state index contributed by atoms with van der Waals surface area (Å²) in [4.78, 5) is 28.3. The molecular formula is C18H30N2O3. The van der Waals surface area contributed by atoms with Crippen LogP contribution < -0.4 is 0 Å². The Morgan fingerprint density at radius 2 is 1.87 bits per heavy atom. The average Bonchev–Trinajstić information content (AvgIpc) is 2.55. The molecule has 0 aliphatic carbocycles. The number of aliphatic hydroxyl groups excluding tert-OH is 1. The largest absolute Gasteiger partial charge is 0.392 e. The van der Waals surface area contributed by atoms with Crippen molar-refractivity contribution in [3.63, 3.8) is 0 Å². The van der Waals surface area contributed by atoms with Crippen molar-refractivity contribution < 1.29 is 14.7 Å². The summed E-state index contributed by atoms with van der Waals surface area (Å²) in [6, 6.07) is 0. The first kappa shape index (κ1) is 18.0. The van der Waals surface area contributed by atoms with Crippen LogP contribution in [0, 0.1) is 5.41 Å². The molecule has 5 nitrogen and oxygen atoms in total. The van der Waals surface area contributed by atoms with Gasteiger partial charge in [-0.05, 0) is 32.1 Å². The summed E-state index contributed by atoms with van der Waals surface area (Å²) in [6.07, 6.45) is 6.30. The minimum Gasteiger partial charge on any atom is -0.392 e. The predicted octanol–water partition coefficient (Wildman–Crippen LogP) is 1.95. The first-order chi connectivity index (χ1) is 11.0. The predicted molar refractivity (Wildman–Crippen MR) is 89.8 cm³/mol. The lowest BCUT2D eigenvalue weighted by molar-refractivity contribution is -0.148. The highest BCUT2D eigenvalue weighted by Crippen LogP contribution is 2.39. The molecule has 1 unspecified atom stereocenters. The van der Waals surface area contributed by atoms with Crippen molar-refractivity contribution in [2.24, 2.45) is 5.41 Å². The van der Waals surface area contributed by atoms with E-state index in [0.29, 0.717) is 45.3 Å². The maximum Gasteiger partial charge on any atom is 0.222 e. The molecule has 2 fully saturated rings. The van der Waals surface area contributed by atoms with Gasteiger partial charge in [0.2, 0.25) is 11.8 Å². The molecule has 2 heterocycles. The molecule has 0 aromatic rings. The molecule has 0 aromatic carbocycles. The van der Waals surface area contributed by atoms with Crippen molar-refractivity contribution in [2.75, 3.05) is 26.2 Å². The first-order valence-corrected chi connectivity index (χ1v) is 8.87. The first-order valence-electron chi connectivity index (χ1n) is 8.87. The van der Waals surface area contributed by atoms with Crippen LogP contribution in [0.2, 0.25) is 0 Å². The summed E-state index contributed by atoms with van der Waals surface area (Å²) in [5, 5.41) is 10.6. The second-order valence-corrected chi connectivity index (χ2v) is 6.98. The lowest BCUT2D eigenvalue weighted by atomic mass is 9.71. The Bertz CT molecular complexity index is 452. The van der Waals surface area contributed by atoms with Gasteiger partial charge in [-0.25, -0.2) is 0 Å². The molecule has 2 amide bonds. The number of likely N-dealkylation sites (tertiary alicyclic amines) is 2. The summed E-state index contributed by atoms with van der Waals surface area (Å²) in [5.41, 5.74) is -0.344. The second kappa shape index (κ2) is 7.95. The third kappa shape index (κ3) is 4.14. The Morgan fingerprint density at radius 1 is 1.22 bits per heavy atom. The number of hydrogen-bond acceptors (Lipinski definition) is 3. The summed E-state index contributed by atoms with van der Waals surface area (Å²) >= 11 is 0. The third-order valence-corrected chi connectivity index (χ3v) is 5.23. The normalized spacial score (nSPS) is 28.0. The van der Waals surface area contributed by atoms with Gasteiger partial charge in [0.15, 0.2) is 0 Å². The Balaban J connectivity index is 2.06. The Hall–Kier alpha value is -1.36. The number of hydrogen-bond donors (Lipinski definition) is 1. The van der Waals surface area contributed by atoms with Crippen molar-refractivity contribution in [3.8, 4) is 0 Å². The minimum absolute atomic E-state index is 0.133. The SMILES string of the molecule is C=CCCC(=O)N1CCC[C@]2(C1)CN(C(=O)CCC)CCC2O. The van der Waals surface area contributed by atoms with E-state index in [2.05, 4.69) is 6.58 Å². The highest BCUT2D eigenvalue weighted by atomic mass is 16.3.